The first-order valence-corrected chi connectivity index (χ1v) is 9.52. The number of anilines is 1. The second kappa shape index (κ2) is 7.72. The van der Waals surface area contributed by atoms with Crippen LogP contribution in [0, 0.1) is 0 Å². The highest BCUT2D eigenvalue weighted by molar-refractivity contribution is 6.30. The first kappa shape index (κ1) is 19.8. The lowest BCUT2D eigenvalue weighted by Crippen LogP contribution is -2.31. The highest BCUT2D eigenvalue weighted by atomic mass is 35.5. The number of rotatable bonds is 5. The van der Waals surface area contributed by atoms with Gasteiger partial charge in [-0.05, 0) is 48.9 Å². The number of ether oxygens (including phenoxy) is 2. The molecule has 0 fully saturated rings. The third-order valence-corrected chi connectivity index (χ3v) is 5.20. The number of benzene rings is 2. The third-order valence-electron chi connectivity index (χ3n) is 4.94. The Labute approximate surface area is 178 Å². The molecule has 0 bridgehead atoms. The van der Waals surface area contributed by atoms with E-state index in [4.69, 9.17) is 26.8 Å². The number of hydrogen-bond donors (Lipinski definition) is 2. The SMILES string of the molecule is COc1ccc(C2C(C(N)=O)=C(C)Nc3nc(-c4ccc(Cl)cc4)nn32)cc1OC. The average molecular weight is 426 g/mol. The van der Waals surface area contributed by atoms with E-state index >= 15 is 0 Å². The zero-order valence-electron chi connectivity index (χ0n) is 16.6. The molecule has 0 saturated heterocycles. The number of carbonyl (C=O) groups excluding carboxylic acids is 1. The van der Waals surface area contributed by atoms with Crippen molar-refractivity contribution in [2.75, 3.05) is 19.5 Å². The van der Waals surface area contributed by atoms with Crippen molar-refractivity contribution in [1.29, 1.82) is 0 Å². The maximum atomic E-state index is 12.3. The van der Waals surface area contributed by atoms with E-state index in [1.807, 2.05) is 18.2 Å². The van der Waals surface area contributed by atoms with Crippen LogP contribution in [0.1, 0.15) is 18.5 Å². The minimum absolute atomic E-state index is 0.391. The molecule has 0 saturated carbocycles. The maximum absolute atomic E-state index is 12.3. The van der Waals surface area contributed by atoms with Crippen LogP contribution in [-0.4, -0.2) is 34.9 Å². The molecule has 154 valence electrons. The first-order valence-electron chi connectivity index (χ1n) is 9.15. The van der Waals surface area contributed by atoms with Gasteiger partial charge in [0.05, 0.1) is 19.8 Å². The number of fused-ring (bicyclic) bond motifs is 1. The Balaban J connectivity index is 1.88. The van der Waals surface area contributed by atoms with Gasteiger partial charge in [0.15, 0.2) is 17.3 Å². The number of aromatic nitrogens is 3. The number of primary amides is 1. The summed E-state index contributed by atoms with van der Waals surface area (Å²) in [6.45, 7) is 1.79. The molecule has 8 nitrogen and oxygen atoms in total. The van der Waals surface area contributed by atoms with Gasteiger partial charge in [0.2, 0.25) is 11.9 Å². The van der Waals surface area contributed by atoms with Gasteiger partial charge in [-0.1, -0.05) is 17.7 Å². The molecule has 1 aliphatic heterocycles. The van der Waals surface area contributed by atoms with Crippen molar-refractivity contribution in [2.24, 2.45) is 5.73 Å². The fraction of sp³-hybridized carbons (Fsp3) is 0.190. The Morgan fingerprint density at radius 2 is 1.83 bits per heavy atom. The van der Waals surface area contributed by atoms with E-state index in [1.165, 1.54) is 0 Å². The second-order valence-corrected chi connectivity index (χ2v) is 7.19. The number of amides is 1. The van der Waals surface area contributed by atoms with Crippen LogP contribution >= 0.6 is 11.6 Å². The summed E-state index contributed by atoms with van der Waals surface area (Å²) in [5, 5.41) is 8.41. The van der Waals surface area contributed by atoms with Gasteiger partial charge >= 0.3 is 0 Å². The Kier molecular flexibility index (Phi) is 5.09. The van der Waals surface area contributed by atoms with Crippen molar-refractivity contribution in [1.82, 2.24) is 14.8 Å². The van der Waals surface area contributed by atoms with Crippen LogP contribution in [0.15, 0.2) is 53.7 Å². The Morgan fingerprint density at radius 1 is 1.13 bits per heavy atom. The summed E-state index contributed by atoms with van der Waals surface area (Å²) in [5.74, 6) is 1.57. The quantitative estimate of drug-likeness (QED) is 0.649. The summed E-state index contributed by atoms with van der Waals surface area (Å²) in [7, 11) is 3.12. The van der Waals surface area contributed by atoms with Gasteiger partial charge in [-0.2, -0.15) is 4.98 Å². The molecule has 30 heavy (non-hydrogen) atoms. The van der Waals surface area contributed by atoms with Crippen LogP contribution in [0.25, 0.3) is 11.4 Å². The van der Waals surface area contributed by atoms with Gasteiger partial charge in [0.25, 0.3) is 0 Å². The molecule has 1 unspecified atom stereocenters. The number of carbonyl (C=O) groups is 1. The van der Waals surface area contributed by atoms with E-state index in [9.17, 15) is 4.79 Å². The molecule has 1 aliphatic rings. The summed E-state index contributed by atoms with van der Waals surface area (Å²) in [6.07, 6.45) is 0. The van der Waals surface area contributed by atoms with Gasteiger partial charge in [0.1, 0.15) is 6.04 Å². The molecule has 1 atom stereocenters. The maximum Gasteiger partial charge on any atom is 0.248 e. The molecule has 1 aromatic heterocycles. The second-order valence-electron chi connectivity index (χ2n) is 6.76. The van der Waals surface area contributed by atoms with Crippen molar-refractivity contribution in [2.45, 2.75) is 13.0 Å². The van der Waals surface area contributed by atoms with E-state index in [2.05, 4.69) is 15.4 Å². The molecule has 0 spiro atoms. The van der Waals surface area contributed by atoms with Crippen molar-refractivity contribution in [3.8, 4) is 22.9 Å². The van der Waals surface area contributed by atoms with Crippen LogP contribution in [0.3, 0.4) is 0 Å². The van der Waals surface area contributed by atoms with Crippen LogP contribution in [0.5, 0.6) is 11.5 Å². The molecule has 3 aromatic rings. The standard InChI is InChI=1S/C21H20ClN5O3/c1-11-17(19(23)28)18(13-6-9-15(29-2)16(10-13)30-3)27-21(24-11)25-20(26-27)12-4-7-14(22)8-5-12/h4-10,18H,1-3H3,(H2,23,28)(H,24,25,26). The zero-order valence-corrected chi connectivity index (χ0v) is 17.4. The summed E-state index contributed by atoms with van der Waals surface area (Å²) in [4.78, 5) is 16.9. The molecular weight excluding hydrogens is 406 g/mol. The molecular formula is C21H20ClN5O3. The molecule has 1 amide bonds. The molecule has 2 aromatic carbocycles. The van der Waals surface area contributed by atoms with E-state index in [0.29, 0.717) is 39.6 Å². The lowest BCUT2D eigenvalue weighted by atomic mass is 9.95. The minimum Gasteiger partial charge on any atom is -0.493 e. The topological polar surface area (TPSA) is 104 Å². The summed E-state index contributed by atoms with van der Waals surface area (Å²) >= 11 is 5.99. The molecule has 0 radical (unpaired) electrons. The fourth-order valence-corrected chi connectivity index (χ4v) is 3.65. The van der Waals surface area contributed by atoms with Gasteiger partial charge < -0.3 is 20.5 Å². The summed E-state index contributed by atoms with van der Waals surface area (Å²) in [5.41, 5.74) is 8.30. The molecule has 0 aliphatic carbocycles. The number of nitrogens with two attached hydrogens (primary N) is 1. The number of hydrogen-bond acceptors (Lipinski definition) is 6. The molecule has 9 heteroatoms. The number of nitrogens with zero attached hydrogens (tertiary/aromatic N) is 3. The van der Waals surface area contributed by atoms with Gasteiger partial charge in [-0.25, -0.2) is 4.68 Å². The number of methoxy groups -OCH3 is 2. The van der Waals surface area contributed by atoms with Crippen molar-refractivity contribution >= 4 is 23.5 Å². The average Bonchev–Trinajstić information content (AvgIpc) is 3.15. The van der Waals surface area contributed by atoms with Crippen LogP contribution in [0.2, 0.25) is 5.02 Å². The van der Waals surface area contributed by atoms with Crippen molar-refractivity contribution in [3.63, 3.8) is 0 Å². The van der Waals surface area contributed by atoms with Gasteiger partial charge in [-0.3, -0.25) is 4.79 Å². The normalized spacial score (nSPS) is 15.4. The van der Waals surface area contributed by atoms with E-state index in [0.717, 1.165) is 11.1 Å². The highest BCUT2D eigenvalue weighted by Crippen LogP contribution is 2.39. The lowest BCUT2D eigenvalue weighted by Gasteiger charge is -2.28. The van der Waals surface area contributed by atoms with E-state index in [-0.39, 0.29) is 0 Å². The molecule has 4 rings (SSSR count). The third kappa shape index (κ3) is 3.35. The fourth-order valence-electron chi connectivity index (χ4n) is 3.52. The Hall–Kier alpha value is -3.52. The highest BCUT2D eigenvalue weighted by Gasteiger charge is 2.34. The monoisotopic (exact) mass is 425 g/mol. The number of allylic oxidation sites excluding steroid dienone is 1. The predicted octanol–water partition coefficient (Wildman–Crippen LogP) is 3.39. The Bertz CT molecular complexity index is 1150. The molecule has 3 N–H and O–H groups in total. The van der Waals surface area contributed by atoms with Crippen LogP contribution < -0.4 is 20.5 Å². The van der Waals surface area contributed by atoms with E-state index < -0.39 is 11.9 Å². The summed E-state index contributed by atoms with van der Waals surface area (Å²) in [6, 6.07) is 12.1. The van der Waals surface area contributed by atoms with Crippen molar-refractivity contribution in [3.05, 3.63) is 64.3 Å². The van der Waals surface area contributed by atoms with Crippen LogP contribution in [0.4, 0.5) is 5.95 Å². The Morgan fingerprint density at radius 3 is 2.47 bits per heavy atom. The number of nitrogens with one attached hydrogen (secondary N) is 1. The summed E-state index contributed by atoms with van der Waals surface area (Å²) < 4.78 is 12.4. The zero-order chi connectivity index (χ0) is 21.4. The minimum atomic E-state index is -0.577. The largest absolute Gasteiger partial charge is 0.493 e. The molecule has 2 heterocycles. The first-order chi connectivity index (χ1) is 14.4. The lowest BCUT2D eigenvalue weighted by molar-refractivity contribution is -0.115. The smallest absolute Gasteiger partial charge is 0.248 e. The van der Waals surface area contributed by atoms with Crippen LogP contribution in [-0.2, 0) is 4.79 Å². The number of halogens is 1. The van der Waals surface area contributed by atoms with Gasteiger partial charge in [0, 0.05) is 16.3 Å². The van der Waals surface area contributed by atoms with Crippen molar-refractivity contribution < 1.29 is 14.3 Å². The van der Waals surface area contributed by atoms with E-state index in [1.54, 1.807) is 50.1 Å². The van der Waals surface area contributed by atoms with Gasteiger partial charge in [-0.15, -0.1) is 5.10 Å². The predicted molar refractivity (Wildman–Crippen MR) is 114 cm³/mol.